The summed E-state index contributed by atoms with van der Waals surface area (Å²) in [6.07, 6.45) is 1.82. The summed E-state index contributed by atoms with van der Waals surface area (Å²) >= 11 is 0. The molecule has 2 aliphatic heterocycles. The fourth-order valence-corrected chi connectivity index (χ4v) is 3.74. The molecule has 2 unspecified atom stereocenters. The summed E-state index contributed by atoms with van der Waals surface area (Å²) in [6, 6.07) is 4.63. The number of halogens is 1. The van der Waals surface area contributed by atoms with Gasteiger partial charge in [-0.3, -0.25) is 0 Å². The van der Waals surface area contributed by atoms with Crippen molar-refractivity contribution in [2.75, 3.05) is 30.3 Å². The molecule has 0 radical (unpaired) electrons. The van der Waals surface area contributed by atoms with E-state index < -0.39 is 5.60 Å². The summed E-state index contributed by atoms with van der Waals surface area (Å²) in [5.41, 5.74) is 6.77. The molecule has 3 rings (SSSR count). The normalized spacial score (nSPS) is 24.0. The van der Waals surface area contributed by atoms with Gasteiger partial charge in [0.15, 0.2) is 0 Å². The van der Waals surface area contributed by atoms with E-state index in [0.29, 0.717) is 18.2 Å². The van der Waals surface area contributed by atoms with Crippen LogP contribution in [0, 0.1) is 11.7 Å². The highest BCUT2D eigenvalue weighted by atomic mass is 19.1. The Bertz CT molecular complexity index is 629. The minimum absolute atomic E-state index is 0.123. The lowest BCUT2D eigenvalue weighted by Crippen LogP contribution is -2.50. The zero-order chi connectivity index (χ0) is 17.5. The van der Waals surface area contributed by atoms with E-state index in [0.717, 1.165) is 31.6 Å². The van der Waals surface area contributed by atoms with Crippen LogP contribution in [0.25, 0.3) is 0 Å². The molecular weight excluding hydrogens is 309 g/mol. The molecule has 0 bridgehead atoms. The van der Waals surface area contributed by atoms with Crippen molar-refractivity contribution in [3.63, 3.8) is 0 Å². The van der Waals surface area contributed by atoms with Crippen LogP contribution in [0.5, 0.6) is 0 Å². The second-order valence-corrected chi connectivity index (χ2v) is 7.75. The van der Waals surface area contributed by atoms with Crippen LogP contribution >= 0.6 is 0 Å². The van der Waals surface area contributed by atoms with Gasteiger partial charge < -0.3 is 20.3 Å². The van der Waals surface area contributed by atoms with Gasteiger partial charge in [-0.1, -0.05) is 0 Å². The van der Waals surface area contributed by atoms with Crippen molar-refractivity contribution >= 4 is 17.5 Å². The van der Waals surface area contributed by atoms with E-state index in [-0.39, 0.29) is 18.0 Å². The second kappa shape index (κ2) is 6.15. The number of amides is 1. The lowest BCUT2D eigenvalue weighted by atomic mass is 9.92. The fraction of sp³-hybridized carbons (Fsp3) is 0.611. The maximum atomic E-state index is 13.3. The molecule has 1 aromatic carbocycles. The van der Waals surface area contributed by atoms with Gasteiger partial charge in [0.25, 0.3) is 0 Å². The molecule has 2 saturated heterocycles. The SMILES string of the molecule is CC(C)(C)OC(=O)N1CCCC2CN(c3ccc(F)cc3N)CC21. The fourth-order valence-electron chi connectivity index (χ4n) is 3.74. The molecule has 0 spiro atoms. The first-order valence-corrected chi connectivity index (χ1v) is 8.54. The Morgan fingerprint density at radius 1 is 1.33 bits per heavy atom. The number of likely N-dealkylation sites (tertiary alicyclic amines) is 1. The first kappa shape index (κ1) is 16.9. The summed E-state index contributed by atoms with van der Waals surface area (Å²) < 4.78 is 18.8. The number of anilines is 2. The third kappa shape index (κ3) is 3.42. The van der Waals surface area contributed by atoms with Crippen molar-refractivity contribution in [2.45, 2.75) is 45.3 Å². The molecule has 0 aromatic heterocycles. The highest BCUT2D eigenvalue weighted by molar-refractivity contribution is 5.71. The number of carbonyl (C=O) groups excluding carboxylic acids is 1. The van der Waals surface area contributed by atoms with E-state index in [1.54, 1.807) is 6.07 Å². The average Bonchev–Trinajstić information content (AvgIpc) is 2.88. The molecule has 2 heterocycles. The number of nitrogen functional groups attached to an aromatic ring is 1. The van der Waals surface area contributed by atoms with Gasteiger partial charge >= 0.3 is 6.09 Å². The van der Waals surface area contributed by atoms with E-state index in [1.165, 1.54) is 12.1 Å². The molecule has 2 fully saturated rings. The maximum absolute atomic E-state index is 13.3. The van der Waals surface area contributed by atoms with Gasteiger partial charge in [-0.25, -0.2) is 9.18 Å². The number of hydrogen-bond donors (Lipinski definition) is 1. The topological polar surface area (TPSA) is 58.8 Å². The molecule has 132 valence electrons. The molecular formula is C18H26FN3O2. The summed E-state index contributed by atoms with van der Waals surface area (Å²) in [5.74, 6) is 0.0685. The van der Waals surface area contributed by atoms with Crippen LogP contribution in [0.4, 0.5) is 20.6 Å². The van der Waals surface area contributed by atoms with Crippen LogP contribution in [-0.4, -0.2) is 42.3 Å². The van der Waals surface area contributed by atoms with Crippen molar-refractivity contribution in [3.8, 4) is 0 Å². The largest absolute Gasteiger partial charge is 0.444 e. The van der Waals surface area contributed by atoms with Crippen LogP contribution in [0.15, 0.2) is 18.2 Å². The van der Waals surface area contributed by atoms with E-state index in [9.17, 15) is 9.18 Å². The number of nitrogens with two attached hydrogens (primary N) is 1. The van der Waals surface area contributed by atoms with Crippen LogP contribution < -0.4 is 10.6 Å². The summed E-state index contributed by atoms with van der Waals surface area (Å²) in [5, 5.41) is 0. The van der Waals surface area contributed by atoms with Crippen molar-refractivity contribution in [2.24, 2.45) is 5.92 Å². The van der Waals surface area contributed by atoms with Crippen molar-refractivity contribution in [1.29, 1.82) is 0 Å². The third-order valence-electron chi connectivity index (χ3n) is 4.74. The first-order chi connectivity index (χ1) is 11.2. The number of piperidine rings is 1. The van der Waals surface area contributed by atoms with Crippen molar-refractivity contribution in [3.05, 3.63) is 24.0 Å². The van der Waals surface area contributed by atoms with Gasteiger partial charge in [-0.2, -0.15) is 0 Å². The minimum Gasteiger partial charge on any atom is -0.444 e. The zero-order valence-corrected chi connectivity index (χ0v) is 14.6. The molecule has 1 amide bonds. The Morgan fingerprint density at radius 2 is 2.08 bits per heavy atom. The number of carbonyl (C=O) groups is 1. The maximum Gasteiger partial charge on any atom is 0.410 e. The lowest BCUT2D eigenvalue weighted by molar-refractivity contribution is 0.00670. The van der Waals surface area contributed by atoms with Crippen molar-refractivity contribution in [1.82, 2.24) is 4.90 Å². The van der Waals surface area contributed by atoms with Gasteiger partial charge in [-0.15, -0.1) is 0 Å². The van der Waals surface area contributed by atoms with Crippen LogP contribution in [0.3, 0.4) is 0 Å². The Morgan fingerprint density at radius 3 is 2.75 bits per heavy atom. The van der Waals surface area contributed by atoms with E-state index in [1.807, 2.05) is 25.7 Å². The summed E-state index contributed by atoms with van der Waals surface area (Å²) in [4.78, 5) is 16.5. The Balaban J connectivity index is 1.76. The number of benzene rings is 1. The molecule has 2 aliphatic rings. The van der Waals surface area contributed by atoms with Crippen LogP contribution in [0.1, 0.15) is 33.6 Å². The Kier molecular flexibility index (Phi) is 4.32. The van der Waals surface area contributed by atoms with Crippen molar-refractivity contribution < 1.29 is 13.9 Å². The van der Waals surface area contributed by atoms with E-state index in [4.69, 9.17) is 10.5 Å². The first-order valence-electron chi connectivity index (χ1n) is 8.54. The van der Waals surface area contributed by atoms with E-state index in [2.05, 4.69) is 4.90 Å². The number of ether oxygens (including phenoxy) is 1. The van der Waals surface area contributed by atoms with Gasteiger partial charge in [0.05, 0.1) is 17.4 Å². The monoisotopic (exact) mass is 335 g/mol. The molecule has 0 aliphatic carbocycles. The molecule has 2 atom stereocenters. The number of hydrogen-bond acceptors (Lipinski definition) is 4. The number of fused-ring (bicyclic) bond motifs is 1. The highest BCUT2D eigenvalue weighted by Gasteiger charge is 2.42. The van der Waals surface area contributed by atoms with Crippen LogP contribution in [0.2, 0.25) is 0 Å². The third-order valence-corrected chi connectivity index (χ3v) is 4.74. The Labute approximate surface area is 142 Å². The van der Waals surface area contributed by atoms with Gasteiger partial charge in [-0.05, 0) is 57.7 Å². The summed E-state index contributed by atoms with van der Waals surface area (Å²) in [6.45, 7) is 7.91. The van der Waals surface area contributed by atoms with Gasteiger partial charge in [0, 0.05) is 19.6 Å². The van der Waals surface area contributed by atoms with E-state index >= 15 is 0 Å². The molecule has 24 heavy (non-hydrogen) atoms. The zero-order valence-electron chi connectivity index (χ0n) is 14.6. The molecule has 5 nitrogen and oxygen atoms in total. The number of rotatable bonds is 1. The molecule has 2 N–H and O–H groups in total. The Hall–Kier alpha value is -1.98. The minimum atomic E-state index is -0.496. The molecule has 6 heteroatoms. The summed E-state index contributed by atoms with van der Waals surface area (Å²) in [7, 11) is 0. The average molecular weight is 335 g/mol. The second-order valence-electron chi connectivity index (χ2n) is 7.75. The predicted molar refractivity (Wildman–Crippen MR) is 92.5 cm³/mol. The smallest absolute Gasteiger partial charge is 0.410 e. The highest BCUT2D eigenvalue weighted by Crippen LogP contribution is 2.36. The molecule has 0 saturated carbocycles. The van der Waals surface area contributed by atoms with Crippen LogP contribution in [-0.2, 0) is 4.74 Å². The quantitative estimate of drug-likeness (QED) is 0.801. The number of nitrogens with zero attached hydrogens (tertiary/aromatic N) is 2. The molecule has 1 aromatic rings. The predicted octanol–water partition coefficient (Wildman–Crippen LogP) is 3.24. The van der Waals surface area contributed by atoms with Gasteiger partial charge in [0.2, 0.25) is 0 Å². The lowest BCUT2D eigenvalue weighted by Gasteiger charge is -2.37. The van der Waals surface area contributed by atoms with Gasteiger partial charge in [0.1, 0.15) is 11.4 Å². The standard InChI is InChI=1S/C18H26FN3O2/c1-18(2,3)24-17(23)22-8-4-5-12-10-21(11-16(12)22)15-7-6-13(19)9-14(15)20/h6-7,9,12,16H,4-5,8,10-11,20H2,1-3H3.